The van der Waals surface area contributed by atoms with Crippen molar-refractivity contribution in [2.75, 3.05) is 0 Å². The number of benzene rings is 2. The van der Waals surface area contributed by atoms with Gasteiger partial charge in [-0.15, -0.1) is 0 Å². The second-order valence-corrected chi connectivity index (χ2v) is 4.55. The fourth-order valence-electron chi connectivity index (χ4n) is 1.85. The zero-order valence-corrected chi connectivity index (χ0v) is 10.7. The summed E-state index contributed by atoms with van der Waals surface area (Å²) in [5.74, 6) is -0.503. The maximum absolute atomic E-state index is 13.3. The molecule has 2 aromatic rings. The van der Waals surface area contributed by atoms with E-state index in [-0.39, 0.29) is 11.4 Å². The van der Waals surface area contributed by atoms with E-state index < -0.39 is 11.9 Å². The molecule has 2 aromatic carbocycles. The van der Waals surface area contributed by atoms with Crippen LogP contribution in [0.4, 0.5) is 4.39 Å². The van der Waals surface area contributed by atoms with Gasteiger partial charge in [0.2, 0.25) is 0 Å². The molecule has 0 radical (unpaired) electrons. The van der Waals surface area contributed by atoms with Crippen LogP contribution in [0.3, 0.4) is 0 Å². The first-order chi connectivity index (χ1) is 9.11. The van der Waals surface area contributed by atoms with Gasteiger partial charge in [-0.25, -0.2) is 4.39 Å². The Labute approximate surface area is 115 Å². The van der Waals surface area contributed by atoms with Gasteiger partial charge in [-0.1, -0.05) is 35.9 Å². The van der Waals surface area contributed by atoms with E-state index in [1.807, 2.05) is 6.07 Å². The number of hydrogen-bond acceptors (Lipinski definition) is 2. The average molecular weight is 276 g/mol. The van der Waals surface area contributed by atoms with Gasteiger partial charge in [0, 0.05) is 6.42 Å². The third-order valence-corrected chi connectivity index (χ3v) is 3.27. The first kappa shape index (κ1) is 13.5. The lowest BCUT2D eigenvalue weighted by Crippen LogP contribution is -2.03. The number of rotatable bonds is 3. The van der Waals surface area contributed by atoms with Gasteiger partial charge >= 0.3 is 0 Å². The van der Waals surface area contributed by atoms with Crippen molar-refractivity contribution in [3.8, 4) is 6.07 Å². The fraction of sp³-hybridized carbons (Fsp3) is 0.133. The van der Waals surface area contributed by atoms with Gasteiger partial charge < -0.3 is 5.11 Å². The summed E-state index contributed by atoms with van der Waals surface area (Å²) >= 11 is 5.84. The largest absolute Gasteiger partial charge is 0.388 e. The van der Waals surface area contributed by atoms with E-state index in [9.17, 15) is 9.50 Å². The van der Waals surface area contributed by atoms with Crippen molar-refractivity contribution in [1.29, 1.82) is 5.26 Å². The predicted octanol–water partition coefficient (Wildman–Crippen LogP) is 3.63. The highest BCUT2D eigenvalue weighted by molar-refractivity contribution is 6.31. The first-order valence-corrected chi connectivity index (χ1v) is 6.10. The summed E-state index contributed by atoms with van der Waals surface area (Å²) in [5, 5.41) is 19.0. The molecule has 0 spiro atoms. The summed E-state index contributed by atoms with van der Waals surface area (Å²) in [6, 6.07) is 13.2. The van der Waals surface area contributed by atoms with Crippen molar-refractivity contribution in [3.05, 3.63) is 70.0 Å². The van der Waals surface area contributed by atoms with Crippen molar-refractivity contribution >= 4 is 11.6 Å². The number of aliphatic hydroxyl groups is 1. The van der Waals surface area contributed by atoms with Crippen LogP contribution in [0.2, 0.25) is 5.02 Å². The van der Waals surface area contributed by atoms with E-state index in [0.717, 1.165) is 0 Å². The molecule has 1 atom stereocenters. The van der Waals surface area contributed by atoms with Crippen LogP contribution >= 0.6 is 11.6 Å². The number of aliphatic hydroxyl groups excluding tert-OH is 1. The molecular weight excluding hydrogens is 265 g/mol. The van der Waals surface area contributed by atoms with Crippen LogP contribution in [0.25, 0.3) is 0 Å². The van der Waals surface area contributed by atoms with E-state index in [4.69, 9.17) is 16.9 Å². The number of nitriles is 1. The zero-order valence-electron chi connectivity index (χ0n) is 9.98. The molecule has 2 nitrogen and oxygen atoms in total. The molecule has 0 amide bonds. The Morgan fingerprint density at radius 1 is 1.26 bits per heavy atom. The van der Waals surface area contributed by atoms with E-state index in [1.54, 1.807) is 36.4 Å². The molecule has 0 saturated carbocycles. The van der Waals surface area contributed by atoms with Crippen molar-refractivity contribution in [3.63, 3.8) is 0 Å². The Balaban J connectivity index is 2.23. The highest BCUT2D eigenvalue weighted by Gasteiger charge is 2.13. The number of halogens is 2. The normalized spacial score (nSPS) is 11.9. The summed E-state index contributed by atoms with van der Waals surface area (Å²) in [5.41, 5.74) is 1.62. The Kier molecular flexibility index (Phi) is 4.16. The molecule has 0 aliphatic heterocycles. The summed E-state index contributed by atoms with van der Waals surface area (Å²) in [6.45, 7) is 0. The van der Waals surface area contributed by atoms with Crippen LogP contribution in [0, 0.1) is 17.1 Å². The standard InChI is InChI=1S/C15H11ClFNO/c16-15-12(5-2-6-13(15)17)8-14(19)11-4-1-3-10(7-11)9-18/h1-7,14,19H,8H2. The monoisotopic (exact) mass is 275 g/mol. The van der Waals surface area contributed by atoms with E-state index in [1.165, 1.54) is 6.07 Å². The molecule has 19 heavy (non-hydrogen) atoms. The van der Waals surface area contributed by atoms with Crippen LogP contribution < -0.4 is 0 Å². The first-order valence-electron chi connectivity index (χ1n) is 5.73. The maximum atomic E-state index is 13.3. The summed E-state index contributed by atoms with van der Waals surface area (Å²) in [4.78, 5) is 0. The van der Waals surface area contributed by atoms with Crippen LogP contribution in [0.5, 0.6) is 0 Å². The lowest BCUT2D eigenvalue weighted by atomic mass is 10.00. The van der Waals surface area contributed by atoms with Crippen molar-refractivity contribution < 1.29 is 9.50 Å². The summed E-state index contributed by atoms with van der Waals surface area (Å²) < 4.78 is 13.3. The molecule has 0 fully saturated rings. The molecule has 0 saturated heterocycles. The smallest absolute Gasteiger partial charge is 0.142 e. The van der Waals surface area contributed by atoms with E-state index in [0.29, 0.717) is 16.7 Å². The summed E-state index contributed by atoms with van der Waals surface area (Å²) in [6.07, 6.45) is -0.626. The van der Waals surface area contributed by atoms with Gasteiger partial charge in [0.25, 0.3) is 0 Å². The minimum atomic E-state index is -0.826. The predicted molar refractivity (Wildman–Crippen MR) is 71.2 cm³/mol. The Morgan fingerprint density at radius 3 is 2.74 bits per heavy atom. The molecule has 4 heteroatoms. The molecule has 0 heterocycles. The Morgan fingerprint density at radius 2 is 2.00 bits per heavy atom. The van der Waals surface area contributed by atoms with Crippen LogP contribution in [0.1, 0.15) is 22.8 Å². The molecule has 0 aromatic heterocycles. The third-order valence-electron chi connectivity index (χ3n) is 2.85. The lowest BCUT2D eigenvalue weighted by molar-refractivity contribution is 0.178. The van der Waals surface area contributed by atoms with Gasteiger partial charge in [-0.05, 0) is 29.3 Å². The Hall–Kier alpha value is -1.89. The van der Waals surface area contributed by atoms with Crippen LogP contribution in [0.15, 0.2) is 42.5 Å². The Bertz CT molecular complexity index is 636. The molecule has 1 unspecified atom stereocenters. The fourth-order valence-corrected chi connectivity index (χ4v) is 2.05. The van der Waals surface area contributed by atoms with Crippen LogP contribution in [-0.2, 0) is 6.42 Å². The van der Waals surface area contributed by atoms with Gasteiger partial charge in [-0.3, -0.25) is 0 Å². The molecule has 0 aliphatic rings. The van der Waals surface area contributed by atoms with Gasteiger partial charge in [0.05, 0.1) is 22.8 Å². The molecule has 0 aliphatic carbocycles. The quantitative estimate of drug-likeness (QED) is 0.930. The van der Waals surface area contributed by atoms with Crippen molar-refractivity contribution in [1.82, 2.24) is 0 Å². The maximum Gasteiger partial charge on any atom is 0.142 e. The van der Waals surface area contributed by atoms with E-state index >= 15 is 0 Å². The topological polar surface area (TPSA) is 44.0 Å². The van der Waals surface area contributed by atoms with Crippen molar-refractivity contribution in [2.24, 2.45) is 0 Å². The third kappa shape index (κ3) is 3.11. The van der Waals surface area contributed by atoms with Gasteiger partial charge in [0.15, 0.2) is 0 Å². The molecule has 0 bridgehead atoms. The van der Waals surface area contributed by atoms with Crippen molar-refractivity contribution in [2.45, 2.75) is 12.5 Å². The minimum absolute atomic E-state index is 0.0259. The molecular formula is C15H11ClFNO. The molecule has 96 valence electrons. The second kappa shape index (κ2) is 5.83. The lowest BCUT2D eigenvalue weighted by Gasteiger charge is -2.12. The van der Waals surface area contributed by atoms with Gasteiger partial charge in [-0.2, -0.15) is 5.26 Å². The zero-order chi connectivity index (χ0) is 13.8. The average Bonchev–Trinajstić information content (AvgIpc) is 2.44. The van der Waals surface area contributed by atoms with Crippen LogP contribution in [-0.4, -0.2) is 5.11 Å². The minimum Gasteiger partial charge on any atom is -0.388 e. The molecule has 1 N–H and O–H groups in total. The SMILES string of the molecule is N#Cc1cccc(C(O)Cc2cccc(F)c2Cl)c1. The highest BCUT2D eigenvalue weighted by atomic mass is 35.5. The highest BCUT2D eigenvalue weighted by Crippen LogP contribution is 2.25. The molecule has 2 rings (SSSR count). The number of hydrogen-bond donors (Lipinski definition) is 1. The second-order valence-electron chi connectivity index (χ2n) is 4.17. The van der Waals surface area contributed by atoms with Gasteiger partial charge in [0.1, 0.15) is 5.82 Å². The number of nitrogens with zero attached hydrogens (tertiary/aromatic N) is 1. The summed E-state index contributed by atoms with van der Waals surface area (Å²) in [7, 11) is 0. The van der Waals surface area contributed by atoms with E-state index in [2.05, 4.69) is 0 Å².